The van der Waals surface area contributed by atoms with E-state index in [4.69, 9.17) is 9.47 Å². The van der Waals surface area contributed by atoms with E-state index >= 15 is 0 Å². The zero-order valence-corrected chi connectivity index (χ0v) is 12.7. The summed E-state index contributed by atoms with van der Waals surface area (Å²) < 4.78 is 11.6. The van der Waals surface area contributed by atoms with Gasteiger partial charge in [-0.3, -0.25) is 9.36 Å². The molecule has 1 aromatic carbocycles. The van der Waals surface area contributed by atoms with Crippen molar-refractivity contribution in [1.29, 1.82) is 0 Å². The van der Waals surface area contributed by atoms with Crippen molar-refractivity contribution in [3.63, 3.8) is 0 Å². The summed E-state index contributed by atoms with van der Waals surface area (Å²) in [5.74, 6) is 0.254. The maximum Gasteiger partial charge on any atom is 0.331 e. The number of carbonyl (C=O) groups is 1. The maximum atomic E-state index is 12.6. The SMILES string of the molecule is CCOC(=O)C(C)(C)n1ccc2cc(OC)ccc2c1=O. The lowest BCUT2D eigenvalue weighted by atomic mass is 10.0. The lowest BCUT2D eigenvalue weighted by molar-refractivity contribution is -0.152. The molecule has 2 rings (SSSR count). The van der Waals surface area contributed by atoms with Crippen LogP contribution in [-0.2, 0) is 15.1 Å². The predicted octanol–water partition coefficient (Wildman–Crippen LogP) is 2.31. The number of carbonyl (C=O) groups excluding carboxylic acids is 1. The van der Waals surface area contributed by atoms with Gasteiger partial charge in [-0.1, -0.05) is 0 Å². The number of pyridine rings is 1. The first kappa shape index (κ1) is 15.1. The molecule has 0 N–H and O–H groups in total. The van der Waals surface area contributed by atoms with Crippen LogP contribution in [0.1, 0.15) is 20.8 Å². The molecule has 112 valence electrons. The number of rotatable bonds is 4. The summed E-state index contributed by atoms with van der Waals surface area (Å²) in [6.45, 7) is 5.36. The second-order valence-corrected chi connectivity index (χ2v) is 5.22. The van der Waals surface area contributed by atoms with Gasteiger partial charge in [0.15, 0.2) is 0 Å². The molecule has 0 aliphatic carbocycles. The Morgan fingerprint density at radius 2 is 2.00 bits per heavy atom. The van der Waals surface area contributed by atoms with Crippen LogP contribution in [0, 0.1) is 0 Å². The van der Waals surface area contributed by atoms with Gasteiger partial charge < -0.3 is 9.47 Å². The van der Waals surface area contributed by atoms with E-state index < -0.39 is 11.5 Å². The number of benzene rings is 1. The Bertz CT molecular complexity index is 731. The Kier molecular flexibility index (Phi) is 4.02. The van der Waals surface area contributed by atoms with Gasteiger partial charge in [-0.05, 0) is 50.4 Å². The molecule has 0 aliphatic rings. The molecular weight excluding hydrogens is 270 g/mol. The van der Waals surface area contributed by atoms with Crippen molar-refractivity contribution < 1.29 is 14.3 Å². The third kappa shape index (κ3) is 2.63. The molecule has 0 atom stereocenters. The molecule has 0 fully saturated rings. The van der Waals surface area contributed by atoms with Gasteiger partial charge in [-0.15, -0.1) is 0 Å². The first-order valence-electron chi connectivity index (χ1n) is 6.79. The molecule has 5 heteroatoms. The first-order valence-corrected chi connectivity index (χ1v) is 6.79. The molecular formula is C16H19NO4. The summed E-state index contributed by atoms with van der Waals surface area (Å²) in [6.07, 6.45) is 1.61. The molecule has 0 aliphatic heterocycles. The molecule has 2 aromatic rings. The number of esters is 1. The topological polar surface area (TPSA) is 57.5 Å². The summed E-state index contributed by atoms with van der Waals surface area (Å²) >= 11 is 0. The molecule has 0 spiro atoms. The molecule has 5 nitrogen and oxygen atoms in total. The number of methoxy groups -OCH3 is 1. The van der Waals surface area contributed by atoms with E-state index in [-0.39, 0.29) is 12.2 Å². The smallest absolute Gasteiger partial charge is 0.331 e. The van der Waals surface area contributed by atoms with Crippen LogP contribution in [-0.4, -0.2) is 24.3 Å². The number of aromatic nitrogens is 1. The van der Waals surface area contributed by atoms with E-state index in [9.17, 15) is 9.59 Å². The molecule has 0 saturated carbocycles. The normalized spacial score (nSPS) is 11.4. The standard InChI is InChI=1S/C16H19NO4/c1-5-21-15(19)16(2,3)17-9-8-11-10-12(20-4)6-7-13(11)14(17)18/h6-10H,5H2,1-4H3. The summed E-state index contributed by atoms with van der Waals surface area (Å²) in [7, 11) is 1.58. The molecule has 0 unspecified atom stereocenters. The second-order valence-electron chi connectivity index (χ2n) is 5.22. The summed E-state index contributed by atoms with van der Waals surface area (Å²) in [4.78, 5) is 24.6. The highest BCUT2D eigenvalue weighted by Crippen LogP contribution is 2.21. The third-order valence-electron chi connectivity index (χ3n) is 3.49. The zero-order chi connectivity index (χ0) is 15.6. The minimum atomic E-state index is -1.05. The number of hydrogen-bond acceptors (Lipinski definition) is 4. The Morgan fingerprint density at radius 3 is 2.62 bits per heavy atom. The van der Waals surface area contributed by atoms with E-state index in [2.05, 4.69) is 0 Å². The van der Waals surface area contributed by atoms with Crippen LogP contribution < -0.4 is 10.3 Å². The van der Waals surface area contributed by atoms with E-state index in [0.717, 1.165) is 5.39 Å². The van der Waals surface area contributed by atoms with Crippen LogP contribution in [0.5, 0.6) is 5.75 Å². The fourth-order valence-corrected chi connectivity index (χ4v) is 2.20. The fraction of sp³-hybridized carbons (Fsp3) is 0.375. The zero-order valence-electron chi connectivity index (χ0n) is 12.7. The minimum absolute atomic E-state index is 0.229. The molecule has 0 radical (unpaired) electrons. The largest absolute Gasteiger partial charge is 0.497 e. The van der Waals surface area contributed by atoms with Gasteiger partial charge >= 0.3 is 5.97 Å². The first-order chi connectivity index (χ1) is 9.91. The highest BCUT2D eigenvalue weighted by atomic mass is 16.5. The van der Waals surface area contributed by atoms with Crippen LogP contribution in [0.25, 0.3) is 10.8 Å². The van der Waals surface area contributed by atoms with Gasteiger partial charge in [0.05, 0.1) is 13.7 Å². The van der Waals surface area contributed by atoms with Crippen molar-refractivity contribution in [3.8, 4) is 5.75 Å². The van der Waals surface area contributed by atoms with Crippen molar-refractivity contribution >= 4 is 16.7 Å². The van der Waals surface area contributed by atoms with Gasteiger partial charge in [-0.25, -0.2) is 4.79 Å². The number of nitrogens with zero attached hydrogens (tertiary/aromatic N) is 1. The van der Waals surface area contributed by atoms with E-state index in [1.165, 1.54) is 4.57 Å². The number of hydrogen-bond donors (Lipinski definition) is 0. The van der Waals surface area contributed by atoms with Crippen LogP contribution in [0.2, 0.25) is 0 Å². The lowest BCUT2D eigenvalue weighted by Crippen LogP contribution is -2.43. The molecule has 1 heterocycles. The van der Waals surface area contributed by atoms with E-state index in [1.54, 1.807) is 58.3 Å². The van der Waals surface area contributed by atoms with Crippen LogP contribution in [0.3, 0.4) is 0 Å². The summed E-state index contributed by atoms with van der Waals surface area (Å²) in [6, 6.07) is 7.01. The number of fused-ring (bicyclic) bond motifs is 1. The van der Waals surface area contributed by atoms with Crippen LogP contribution in [0.4, 0.5) is 0 Å². The van der Waals surface area contributed by atoms with Gasteiger partial charge in [0.25, 0.3) is 5.56 Å². The monoisotopic (exact) mass is 289 g/mol. The molecule has 21 heavy (non-hydrogen) atoms. The van der Waals surface area contributed by atoms with Crippen molar-refractivity contribution in [2.45, 2.75) is 26.3 Å². The van der Waals surface area contributed by atoms with Crippen LogP contribution >= 0.6 is 0 Å². The Balaban J connectivity index is 2.59. The van der Waals surface area contributed by atoms with Crippen molar-refractivity contribution in [2.75, 3.05) is 13.7 Å². The highest BCUT2D eigenvalue weighted by molar-refractivity contribution is 5.84. The van der Waals surface area contributed by atoms with Gasteiger partial charge in [0.2, 0.25) is 0 Å². The minimum Gasteiger partial charge on any atom is -0.497 e. The molecule has 1 aromatic heterocycles. The van der Waals surface area contributed by atoms with E-state index in [0.29, 0.717) is 11.1 Å². The van der Waals surface area contributed by atoms with Gasteiger partial charge in [-0.2, -0.15) is 0 Å². The van der Waals surface area contributed by atoms with Crippen molar-refractivity contribution in [1.82, 2.24) is 4.57 Å². The van der Waals surface area contributed by atoms with Crippen molar-refractivity contribution in [2.24, 2.45) is 0 Å². The van der Waals surface area contributed by atoms with E-state index in [1.807, 2.05) is 0 Å². The second kappa shape index (κ2) is 5.60. The summed E-state index contributed by atoms with van der Waals surface area (Å²) in [5.41, 5.74) is -1.28. The highest BCUT2D eigenvalue weighted by Gasteiger charge is 2.32. The van der Waals surface area contributed by atoms with Gasteiger partial charge in [0, 0.05) is 11.6 Å². The van der Waals surface area contributed by atoms with Crippen LogP contribution in [0.15, 0.2) is 35.3 Å². The number of ether oxygens (including phenoxy) is 2. The Labute approximate surface area is 123 Å². The lowest BCUT2D eigenvalue weighted by Gasteiger charge is -2.25. The molecule has 0 bridgehead atoms. The Hall–Kier alpha value is -2.30. The molecule has 0 amide bonds. The van der Waals surface area contributed by atoms with Gasteiger partial charge in [0.1, 0.15) is 11.3 Å². The summed E-state index contributed by atoms with van der Waals surface area (Å²) in [5, 5.41) is 1.31. The predicted molar refractivity (Wildman–Crippen MR) is 80.7 cm³/mol. The fourth-order valence-electron chi connectivity index (χ4n) is 2.20. The Morgan fingerprint density at radius 1 is 1.29 bits per heavy atom. The van der Waals surface area contributed by atoms with Crippen molar-refractivity contribution in [3.05, 3.63) is 40.8 Å². The third-order valence-corrected chi connectivity index (χ3v) is 3.49. The maximum absolute atomic E-state index is 12.6. The quantitative estimate of drug-likeness (QED) is 0.810. The molecule has 0 saturated heterocycles. The average molecular weight is 289 g/mol. The average Bonchev–Trinajstić information content (AvgIpc) is 2.47.